The Morgan fingerprint density at radius 2 is 2.56 bits per heavy atom. The fourth-order valence-corrected chi connectivity index (χ4v) is 1.16. The lowest BCUT2D eigenvalue weighted by atomic mass is 10.1. The molecule has 1 fully saturated rings. The average molecular weight is 126 g/mol. The highest BCUT2D eigenvalue weighted by molar-refractivity contribution is 5.00. The second-order valence-corrected chi connectivity index (χ2v) is 2.46. The lowest BCUT2D eigenvalue weighted by Gasteiger charge is -2.10. The van der Waals surface area contributed by atoms with Crippen molar-refractivity contribution in [1.29, 1.82) is 0 Å². The van der Waals surface area contributed by atoms with E-state index in [2.05, 4.69) is 17.2 Å². The van der Waals surface area contributed by atoms with Gasteiger partial charge >= 0.3 is 0 Å². The highest BCUT2D eigenvalue weighted by Crippen LogP contribution is 2.12. The van der Waals surface area contributed by atoms with Crippen LogP contribution in [-0.4, -0.2) is 20.1 Å². The van der Waals surface area contributed by atoms with Gasteiger partial charge in [-0.1, -0.05) is 6.58 Å². The topological polar surface area (TPSA) is 24.1 Å². The molecular weight excluding hydrogens is 112 g/mol. The fraction of sp³-hybridized carbons (Fsp3) is 0.714. The molecule has 0 aromatic heterocycles. The molecule has 0 aliphatic carbocycles. The first-order valence-electron chi connectivity index (χ1n) is 3.42. The van der Waals surface area contributed by atoms with E-state index >= 15 is 0 Å². The molecule has 1 unspecified atom stereocenters. The SMILES string of the molecule is C=C(NC)C1CCNC1. The Morgan fingerprint density at radius 3 is 3.00 bits per heavy atom. The van der Waals surface area contributed by atoms with Crippen LogP contribution in [0.3, 0.4) is 0 Å². The first-order chi connectivity index (χ1) is 4.34. The van der Waals surface area contributed by atoms with Crippen molar-refractivity contribution in [1.82, 2.24) is 10.6 Å². The van der Waals surface area contributed by atoms with Gasteiger partial charge in [0.1, 0.15) is 0 Å². The second-order valence-electron chi connectivity index (χ2n) is 2.46. The summed E-state index contributed by atoms with van der Waals surface area (Å²) in [7, 11) is 1.93. The van der Waals surface area contributed by atoms with Crippen molar-refractivity contribution in [3.8, 4) is 0 Å². The van der Waals surface area contributed by atoms with E-state index in [9.17, 15) is 0 Å². The highest BCUT2D eigenvalue weighted by Gasteiger charge is 2.15. The molecular formula is C7H14N2. The molecule has 0 saturated carbocycles. The van der Waals surface area contributed by atoms with Gasteiger partial charge in [0, 0.05) is 25.2 Å². The summed E-state index contributed by atoms with van der Waals surface area (Å²) < 4.78 is 0. The van der Waals surface area contributed by atoms with Crippen LogP contribution in [0.5, 0.6) is 0 Å². The molecule has 1 atom stereocenters. The molecule has 1 aliphatic rings. The van der Waals surface area contributed by atoms with Gasteiger partial charge in [0.25, 0.3) is 0 Å². The summed E-state index contributed by atoms with van der Waals surface area (Å²) in [6.45, 7) is 6.15. The molecule has 0 aromatic rings. The van der Waals surface area contributed by atoms with E-state index in [0.29, 0.717) is 5.92 Å². The Kier molecular flexibility index (Phi) is 2.11. The van der Waals surface area contributed by atoms with E-state index in [1.54, 1.807) is 0 Å². The van der Waals surface area contributed by atoms with Crippen LogP contribution in [0.15, 0.2) is 12.3 Å². The molecule has 1 heterocycles. The number of nitrogens with one attached hydrogen (secondary N) is 2. The third kappa shape index (κ3) is 1.45. The molecule has 2 nitrogen and oxygen atoms in total. The Hall–Kier alpha value is -0.500. The standard InChI is InChI=1S/C7H14N2/c1-6(8-2)7-3-4-9-5-7/h7-9H,1,3-5H2,2H3. The van der Waals surface area contributed by atoms with E-state index in [1.807, 2.05) is 7.05 Å². The van der Waals surface area contributed by atoms with Crippen LogP contribution in [0.2, 0.25) is 0 Å². The minimum Gasteiger partial charge on any atom is -0.392 e. The highest BCUT2D eigenvalue weighted by atomic mass is 14.9. The molecule has 1 saturated heterocycles. The van der Waals surface area contributed by atoms with Crippen molar-refractivity contribution >= 4 is 0 Å². The maximum absolute atomic E-state index is 3.90. The van der Waals surface area contributed by atoms with Crippen LogP contribution in [0.4, 0.5) is 0 Å². The fourth-order valence-electron chi connectivity index (χ4n) is 1.16. The largest absolute Gasteiger partial charge is 0.392 e. The smallest absolute Gasteiger partial charge is 0.0117 e. The van der Waals surface area contributed by atoms with E-state index in [1.165, 1.54) is 12.1 Å². The van der Waals surface area contributed by atoms with Gasteiger partial charge in [-0.15, -0.1) is 0 Å². The molecule has 52 valence electrons. The molecule has 2 N–H and O–H groups in total. The minimum atomic E-state index is 0.662. The van der Waals surface area contributed by atoms with Crippen molar-refractivity contribution < 1.29 is 0 Å². The monoisotopic (exact) mass is 126 g/mol. The Bertz CT molecular complexity index is 103. The number of hydrogen-bond acceptors (Lipinski definition) is 2. The van der Waals surface area contributed by atoms with Crippen molar-refractivity contribution in [2.75, 3.05) is 20.1 Å². The first-order valence-corrected chi connectivity index (χ1v) is 3.42. The van der Waals surface area contributed by atoms with Gasteiger partial charge in [-0.05, 0) is 13.0 Å². The van der Waals surface area contributed by atoms with Gasteiger partial charge in [-0.3, -0.25) is 0 Å². The van der Waals surface area contributed by atoms with Crippen molar-refractivity contribution in [3.63, 3.8) is 0 Å². The quantitative estimate of drug-likeness (QED) is 0.557. The third-order valence-corrected chi connectivity index (χ3v) is 1.87. The van der Waals surface area contributed by atoms with Gasteiger partial charge in [-0.2, -0.15) is 0 Å². The van der Waals surface area contributed by atoms with E-state index in [0.717, 1.165) is 13.1 Å². The normalized spacial score (nSPS) is 26.1. The summed E-state index contributed by atoms with van der Waals surface area (Å²) in [4.78, 5) is 0. The minimum absolute atomic E-state index is 0.662. The number of hydrogen-bond donors (Lipinski definition) is 2. The summed E-state index contributed by atoms with van der Waals surface area (Å²) in [5, 5.41) is 6.36. The molecule has 0 spiro atoms. The Labute approximate surface area is 56.3 Å². The summed E-state index contributed by atoms with van der Waals surface area (Å²) >= 11 is 0. The van der Waals surface area contributed by atoms with E-state index < -0.39 is 0 Å². The molecule has 0 radical (unpaired) electrons. The van der Waals surface area contributed by atoms with E-state index in [4.69, 9.17) is 0 Å². The maximum atomic E-state index is 3.90. The molecule has 1 aliphatic heterocycles. The number of rotatable bonds is 2. The second kappa shape index (κ2) is 2.87. The molecule has 1 rings (SSSR count). The van der Waals surface area contributed by atoms with E-state index in [-0.39, 0.29) is 0 Å². The summed E-state index contributed by atoms with van der Waals surface area (Å²) in [5.74, 6) is 0.662. The van der Waals surface area contributed by atoms with Crippen LogP contribution in [-0.2, 0) is 0 Å². The van der Waals surface area contributed by atoms with Crippen molar-refractivity contribution in [2.45, 2.75) is 6.42 Å². The predicted octanol–water partition coefficient (Wildman–Crippen LogP) is 0.329. The maximum Gasteiger partial charge on any atom is 0.0117 e. The van der Waals surface area contributed by atoms with Crippen LogP contribution in [0.1, 0.15) is 6.42 Å². The molecule has 0 amide bonds. The molecule has 0 aromatic carbocycles. The van der Waals surface area contributed by atoms with Crippen LogP contribution in [0.25, 0.3) is 0 Å². The van der Waals surface area contributed by atoms with Crippen molar-refractivity contribution in [2.24, 2.45) is 5.92 Å². The zero-order chi connectivity index (χ0) is 6.69. The van der Waals surface area contributed by atoms with Gasteiger partial charge in [-0.25, -0.2) is 0 Å². The summed E-state index contributed by atoms with van der Waals surface area (Å²) in [6.07, 6.45) is 1.24. The van der Waals surface area contributed by atoms with Crippen molar-refractivity contribution in [3.05, 3.63) is 12.3 Å². The average Bonchev–Trinajstić information content (AvgIpc) is 2.37. The zero-order valence-electron chi connectivity index (χ0n) is 5.91. The lowest BCUT2D eigenvalue weighted by molar-refractivity contribution is 0.637. The van der Waals surface area contributed by atoms with Crippen LogP contribution >= 0.6 is 0 Å². The van der Waals surface area contributed by atoms with Gasteiger partial charge in [0.2, 0.25) is 0 Å². The van der Waals surface area contributed by atoms with Gasteiger partial charge in [0.05, 0.1) is 0 Å². The van der Waals surface area contributed by atoms with Crippen LogP contribution in [0, 0.1) is 5.92 Å². The molecule has 9 heavy (non-hydrogen) atoms. The Balaban J connectivity index is 2.32. The first kappa shape index (κ1) is 6.62. The zero-order valence-corrected chi connectivity index (χ0v) is 5.91. The summed E-state index contributed by atoms with van der Waals surface area (Å²) in [5.41, 5.74) is 1.17. The third-order valence-electron chi connectivity index (χ3n) is 1.87. The summed E-state index contributed by atoms with van der Waals surface area (Å²) in [6, 6.07) is 0. The van der Waals surface area contributed by atoms with Crippen LogP contribution < -0.4 is 10.6 Å². The predicted molar refractivity (Wildman–Crippen MR) is 39.2 cm³/mol. The lowest BCUT2D eigenvalue weighted by Crippen LogP contribution is -2.17. The molecule has 2 heteroatoms. The Morgan fingerprint density at radius 1 is 1.78 bits per heavy atom. The molecule has 0 bridgehead atoms. The van der Waals surface area contributed by atoms with Gasteiger partial charge < -0.3 is 10.6 Å². The van der Waals surface area contributed by atoms with Gasteiger partial charge in [0.15, 0.2) is 0 Å².